The number of aryl methyl sites for hydroxylation is 1. The Morgan fingerprint density at radius 2 is 1.00 bits per heavy atom. The van der Waals surface area contributed by atoms with Crippen LogP contribution in [-0.4, -0.2) is 26.5 Å². The predicted molar refractivity (Wildman–Crippen MR) is 129 cm³/mol. The van der Waals surface area contributed by atoms with Crippen LogP contribution in [0.5, 0.6) is 11.5 Å². The Hall–Kier alpha value is -1.53. The lowest BCUT2D eigenvalue weighted by Crippen LogP contribution is -2.01. The van der Waals surface area contributed by atoms with Crippen LogP contribution in [0.15, 0.2) is 48.5 Å². The summed E-state index contributed by atoms with van der Waals surface area (Å²) in [6, 6.07) is 17.1. The molecule has 0 spiro atoms. The molecule has 3 heteroatoms. The largest absolute Gasteiger partial charge is 0.494 e. The van der Waals surface area contributed by atoms with Crippen molar-refractivity contribution in [1.82, 2.24) is 0 Å². The highest BCUT2D eigenvalue weighted by Gasteiger charge is 1.99. The molecule has 160 valence electrons. The summed E-state index contributed by atoms with van der Waals surface area (Å²) in [5, 5.41) is 1.43. The molecule has 29 heavy (non-hydrogen) atoms. The zero-order valence-corrected chi connectivity index (χ0v) is 19.6. The van der Waals surface area contributed by atoms with Crippen LogP contribution < -0.4 is 14.8 Å². The van der Waals surface area contributed by atoms with Gasteiger partial charge in [-0.05, 0) is 67.7 Å². The van der Waals surface area contributed by atoms with E-state index in [-0.39, 0.29) is 7.92 Å². The molecule has 2 rings (SSSR count). The van der Waals surface area contributed by atoms with Crippen LogP contribution in [-0.2, 0) is 6.42 Å². The van der Waals surface area contributed by atoms with Gasteiger partial charge in [0.2, 0.25) is 0 Å². The molecule has 0 aliphatic rings. The Bertz CT molecular complexity index is 649. The van der Waals surface area contributed by atoms with Crippen LogP contribution in [0.3, 0.4) is 0 Å². The molecular weight excluding hydrogens is 375 g/mol. The van der Waals surface area contributed by atoms with Crippen molar-refractivity contribution >= 4 is 13.2 Å². The SMILES string of the molecule is CCc1ccc(OCCCCCCCCCCOc2ccc(P(C)C)cc2)cc1. The highest BCUT2D eigenvalue weighted by Crippen LogP contribution is 2.24. The van der Waals surface area contributed by atoms with Crippen molar-refractivity contribution in [2.75, 3.05) is 26.5 Å². The monoisotopic (exact) mass is 414 g/mol. The molecule has 0 aliphatic heterocycles. The molecule has 0 heterocycles. The predicted octanol–water partition coefficient (Wildman–Crippen LogP) is 7.19. The lowest BCUT2D eigenvalue weighted by atomic mass is 10.1. The highest BCUT2D eigenvalue weighted by atomic mass is 31.1. The van der Waals surface area contributed by atoms with Crippen LogP contribution >= 0.6 is 7.92 Å². The third-order valence-electron chi connectivity index (χ3n) is 5.26. The van der Waals surface area contributed by atoms with E-state index in [1.165, 1.54) is 49.4 Å². The van der Waals surface area contributed by atoms with Crippen LogP contribution in [0.25, 0.3) is 0 Å². The summed E-state index contributed by atoms with van der Waals surface area (Å²) in [5.41, 5.74) is 1.37. The van der Waals surface area contributed by atoms with Crippen molar-refractivity contribution in [3.8, 4) is 11.5 Å². The second-order valence-electron chi connectivity index (χ2n) is 7.91. The zero-order chi connectivity index (χ0) is 20.7. The van der Waals surface area contributed by atoms with E-state index in [0.717, 1.165) is 44.0 Å². The van der Waals surface area contributed by atoms with Crippen molar-refractivity contribution in [3.63, 3.8) is 0 Å². The standard InChI is InChI=1S/C26H39O2P/c1-4-23-13-15-24(16-14-23)27-21-11-9-7-5-6-8-10-12-22-28-25-17-19-26(20-18-25)29(2)3/h13-20H,4-12,21-22H2,1-3H3. The van der Waals surface area contributed by atoms with Crippen molar-refractivity contribution in [2.45, 2.75) is 64.7 Å². The number of hydrogen-bond donors (Lipinski definition) is 0. The average Bonchev–Trinajstić information content (AvgIpc) is 2.75. The second kappa shape index (κ2) is 14.5. The van der Waals surface area contributed by atoms with E-state index in [1.807, 2.05) is 0 Å². The van der Waals surface area contributed by atoms with E-state index >= 15 is 0 Å². The van der Waals surface area contributed by atoms with Gasteiger partial charge in [-0.2, -0.15) is 0 Å². The summed E-state index contributed by atoms with van der Waals surface area (Å²) < 4.78 is 11.7. The Kier molecular flexibility index (Phi) is 11.8. The van der Waals surface area contributed by atoms with Gasteiger partial charge in [0.25, 0.3) is 0 Å². The first-order valence-electron chi connectivity index (χ1n) is 11.3. The van der Waals surface area contributed by atoms with E-state index in [2.05, 4.69) is 68.8 Å². The topological polar surface area (TPSA) is 18.5 Å². The highest BCUT2D eigenvalue weighted by molar-refractivity contribution is 7.64. The molecule has 0 N–H and O–H groups in total. The molecule has 0 saturated carbocycles. The Morgan fingerprint density at radius 3 is 1.41 bits per heavy atom. The summed E-state index contributed by atoms with van der Waals surface area (Å²) in [5.74, 6) is 2.01. The van der Waals surface area contributed by atoms with Crippen LogP contribution in [0, 0.1) is 0 Å². The normalized spacial score (nSPS) is 11.0. The minimum Gasteiger partial charge on any atom is -0.494 e. The summed E-state index contributed by atoms with van der Waals surface area (Å²) >= 11 is 0. The quantitative estimate of drug-likeness (QED) is 0.227. The van der Waals surface area contributed by atoms with Gasteiger partial charge in [0.15, 0.2) is 0 Å². The van der Waals surface area contributed by atoms with Crippen LogP contribution in [0.4, 0.5) is 0 Å². The van der Waals surface area contributed by atoms with Crippen LogP contribution in [0.2, 0.25) is 0 Å². The summed E-state index contributed by atoms with van der Waals surface area (Å²) in [7, 11) is -0.0132. The van der Waals surface area contributed by atoms with E-state index in [1.54, 1.807) is 0 Å². The maximum atomic E-state index is 5.86. The van der Waals surface area contributed by atoms with E-state index in [0.29, 0.717) is 0 Å². The van der Waals surface area contributed by atoms with Crippen molar-refractivity contribution in [1.29, 1.82) is 0 Å². The van der Waals surface area contributed by atoms with Gasteiger partial charge in [-0.25, -0.2) is 0 Å². The number of benzene rings is 2. The van der Waals surface area contributed by atoms with Crippen molar-refractivity contribution in [3.05, 3.63) is 54.1 Å². The molecule has 0 aromatic heterocycles. The number of rotatable bonds is 15. The molecule has 0 amide bonds. The van der Waals surface area contributed by atoms with Crippen LogP contribution in [0.1, 0.15) is 63.9 Å². The number of hydrogen-bond acceptors (Lipinski definition) is 2. The van der Waals surface area contributed by atoms with E-state index in [9.17, 15) is 0 Å². The Labute approximate surface area is 179 Å². The van der Waals surface area contributed by atoms with Crippen molar-refractivity contribution < 1.29 is 9.47 Å². The summed E-state index contributed by atoms with van der Waals surface area (Å²) in [6.07, 6.45) is 11.2. The molecule has 2 nitrogen and oxygen atoms in total. The Balaban J connectivity index is 1.37. The Morgan fingerprint density at radius 1 is 0.586 bits per heavy atom. The second-order valence-corrected chi connectivity index (χ2v) is 10.2. The fraction of sp³-hybridized carbons (Fsp3) is 0.538. The maximum absolute atomic E-state index is 5.86. The van der Waals surface area contributed by atoms with Gasteiger partial charge in [-0.1, -0.05) is 77.6 Å². The first-order chi connectivity index (χ1) is 14.2. The lowest BCUT2D eigenvalue weighted by Gasteiger charge is -2.09. The fourth-order valence-corrected chi connectivity index (χ4v) is 4.05. The maximum Gasteiger partial charge on any atom is 0.119 e. The molecule has 0 saturated heterocycles. The molecular formula is C26H39O2P. The molecule has 0 fully saturated rings. The van der Waals surface area contributed by atoms with Gasteiger partial charge in [0, 0.05) is 0 Å². The molecule has 0 unspecified atom stereocenters. The molecule has 2 aromatic carbocycles. The van der Waals surface area contributed by atoms with Gasteiger partial charge in [-0.3, -0.25) is 0 Å². The van der Waals surface area contributed by atoms with Gasteiger partial charge >= 0.3 is 0 Å². The van der Waals surface area contributed by atoms with Gasteiger partial charge < -0.3 is 9.47 Å². The summed E-state index contributed by atoms with van der Waals surface area (Å²) in [4.78, 5) is 0. The lowest BCUT2D eigenvalue weighted by molar-refractivity contribution is 0.301. The third-order valence-corrected chi connectivity index (χ3v) is 6.59. The molecule has 0 radical (unpaired) electrons. The van der Waals surface area contributed by atoms with Gasteiger partial charge in [0.05, 0.1) is 13.2 Å². The smallest absolute Gasteiger partial charge is 0.119 e. The first kappa shape index (κ1) is 23.7. The third kappa shape index (κ3) is 10.2. The minimum absolute atomic E-state index is 0.0132. The molecule has 0 atom stereocenters. The van der Waals surface area contributed by atoms with E-state index < -0.39 is 0 Å². The summed E-state index contributed by atoms with van der Waals surface area (Å²) in [6.45, 7) is 8.42. The molecule has 0 bridgehead atoms. The number of ether oxygens (including phenoxy) is 2. The number of unbranched alkanes of at least 4 members (excludes halogenated alkanes) is 7. The first-order valence-corrected chi connectivity index (χ1v) is 13.5. The van der Waals surface area contributed by atoms with Gasteiger partial charge in [0.1, 0.15) is 11.5 Å². The zero-order valence-electron chi connectivity index (χ0n) is 18.7. The van der Waals surface area contributed by atoms with Crippen molar-refractivity contribution in [2.24, 2.45) is 0 Å². The minimum atomic E-state index is -0.0132. The molecule has 0 aliphatic carbocycles. The fourth-order valence-electron chi connectivity index (χ4n) is 3.31. The molecule has 2 aromatic rings. The van der Waals surface area contributed by atoms with E-state index in [4.69, 9.17) is 9.47 Å². The van der Waals surface area contributed by atoms with Gasteiger partial charge in [-0.15, -0.1) is 0 Å². The average molecular weight is 415 g/mol.